The summed E-state index contributed by atoms with van der Waals surface area (Å²) in [6.07, 6.45) is 8.83. The third-order valence-corrected chi connectivity index (χ3v) is 2.55. The van der Waals surface area contributed by atoms with Gasteiger partial charge in [0.1, 0.15) is 0 Å². The minimum atomic E-state index is 0.507. The monoisotopic (exact) mass is 165 g/mol. The van der Waals surface area contributed by atoms with Crippen LogP contribution in [-0.4, -0.2) is 24.5 Å². The maximum absolute atomic E-state index is 5.24. The molecule has 68 valence electrons. The minimum absolute atomic E-state index is 0.507. The van der Waals surface area contributed by atoms with Gasteiger partial charge in [-0.25, -0.2) is 0 Å². The molecule has 1 fully saturated rings. The van der Waals surface area contributed by atoms with Crippen LogP contribution in [0.5, 0.6) is 0 Å². The zero-order chi connectivity index (χ0) is 9.03. The second kappa shape index (κ2) is 3.96. The molecule has 0 aromatic heterocycles. The molecule has 0 aliphatic carbocycles. The molecule has 0 N–H and O–H groups in total. The molecule has 0 saturated carbocycles. The van der Waals surface area contributed by atoms with E-state index in [1.165, 1.54) is 25.9 Å². The van der Waals surface area contributed by atoms with Gasteiger partial charge in [-0.3, -0.25) is 0 Å². The highest BCUT2D eigenvalue weighted by molar-refractivity contribution is 4.87. The third-order valence-electron chi connectivity index (χ3n) is 2.55. The Kier molecular flexibility index (Phi) is 3.17. The van der Waals surface area contributed by atoms with Crippen molar-refractivity contribution in [1.82, 2.24) is 4.90 Å². The molecule has 1 aliphatic heterocycles. The fourth-order valence-electron chi connectivity index (χ4n) is 1.96. The predicted molar refractivity (Wildman–Crippen MR) is 52.9 cm³/mol. The topological polar surface area (TPSA) is 3.24 Å². The highest BCUT2D eigenvalue weighted by atomic mass is 15.1. The van der Waals surface area contributed by atoms with Gasteiger partial charge in [0.25, 0.3) is 0 Å². The quantitative estimate of drug-likeness (QED) is 0.567. The molecule has 0 radical (unpaired) electrons. The molecule has 0 amide bonds. The van der Waals surface area contributed by atoms with E-state index in [4.69, 9.17) is 6.42 Å². The summed E-state index contributed by atoms with van der Waals surface area (Å²) in [5, 5.41) is 0. The smallest absolute Gasteiger partial charge is 0.0214 e. The lowest BCUT2D eigenvalue weighted by molar-refractivity contribution is 0.120. The molecule has 1 aliphatic rings. The van der Waals surface area contributed by atoms with E-state index in [1.807, 2.05) is 0 Å². The van der Waals surface area contributed by atoms with Gasteiger partial charge < -0.3 is 4.90 Å². The lowest BCUT2D eigenvalue weighted by atomic mass is 9.84. The van der Waals surface area contributed by atoms with E-state index >= 15 is 0 Å². The van der Waals surface area contributed by atoms with Crippen LogP contribution in [0.1, 0.15) is 33.1 Å². The molecule has 0 aromatic carbocycles. The first-order chi connectivity index (χ1) is 5.64. The Morgan fingerprint density at radius 3 is 2.83 bits per heavy atom. The summed E-state index contributed by atoms with van der Waals surface area (Å²) in [5.74, 6) is 2.70. The normalized spacial score (nSPS) is 23.4. The summed E-state index contributed by atoms with van der Waals surface area (Å²) < 4.78 is 0. The Morgan fingerprint density at radius 2 is 2.25 bits per heavy atom. The fourth-order valence-corrected chi connectivity index (χ4v) is 1.96. The van der Waals surface area contributed by atoms with Crippen molar-refractivity contribution in [2.75, 3.05) is 19.6 Å². The third kappa shape index (κ3) is 2.87. The fraction of sp³-hybridized carbons (Fsp3) is 0.818. The van der Waals surface area contributed by atoms with E-state index < -0.39 is 0 Å². The van der Waals surface area contributed by atoms with Crippen LogP contribution in [-0.2, 0) is 0 Å². The summed E-state index contributed by atoms with van der Waals surface area (Å²) in [6.45, 7) is 8.23. The van der Waals surface area contributed by atoms with Crippen molar-refractivity contribution >= 4 is 0 Å². The van der Waals surface area contributed by atoms with Crippen molar-refractivity contribution in [3.63, 3.8) is 0 Å². The zero-order valence-corrected chi connectivity index (χ0v) is 8.27. The SMILES string of the molecule is C#CCCN1CCCC(C)(C)C1. The second-order valence-electron chi connectivity index (χ2n) is 4.50. The number of rotatable bonds is 2. The molecule has 1 heteroatoms. The van der Waals surface area contributed by atoms with Crippen molar-refractivity contribution in [3.8, 4) is 12.3 Å². The predicted octanol–water partition coefficient (Wildman–Crippen LogP) is 2.13. The van der Waals surface area contributed by atoms with Crippen LogP contribution < -0.4 is 0 Å². The van der Waals surface area contributed by atoms with Gasteiger partial charge in [0.05, 0.1) is 0 Å². The Balaban J connectivity index is 2.32. The van der Waals surface area contributed by atoms with Gasteiger partial charge in [0.2, 0.25) is 0 Å². The van der Waals surface area contributed by atoms with Crippen LogP contribution in [0.3, 0.4) is 0 Å². The highest BCUT2D eigenvalue weighted by Gasteiger charge is 2.25. The summed E-state index contributed by atoms with van der Waals surface area (Å²) >= 11 is 0. The first kappa shape index (κ1) is 9.61. The van der Waals surface area contributed by atoms with E-state index in [2.05, 4.69) is 24.7 Å². The molecule has 1 rings (SSSR count). The standard InChI is InChI=1S/C11H19N/c1-4-5-8-12-9-6-7-11(2,3)10-12/h1H,5-10H2,2-3H3. The molecule has 1 heterocycles. The van der Waals surface area contributed by atoms with Gasteiger partial charge in [-0.15, -0.1) is 12.3 Å². The van der Waals surface area contributed by atoms with Gasteiger partial charge >= 0.3 is 0 Å². The molecule has 0 spiro atoms. The van der Waals surface area contributed by atoms with Gasteiger partial charge in [0, 0.05) is 19.5 Å². The maximum Gasteiger partial charge on any atom is 0.0214 e. The Labute approximate surface area is 76.1 Å². The average Bonchev–Trinajstić information content (AvgIpc) is 1.99. The van der Waals surface area contributed by atoms with Gasteiger partial charge in [0.15, 0.2) is 0 Å². The van der Waals surface area contributed by atoms with E-state index in [-0.39, 0.29) is 0 Å². The van der Waals surface area contributed by atoms with Crippen LogP contribution >= 0.6 is 0 Å². The van der Waals surface area contributed by atoms with Crippen LogP contribution in [0.4, 0.5) is 0 Å². The van der Waals surface area contributed by atoms with E-state index in [1.54, 1.807) is 0 Å². The van der Waals surface area contributed by atoms with Crippen LogP contribution in [0, 0.1) is 17.8 Å². The Bertz CT molecular complexity index is 176. The van der Waals surface area contributed by atoms with Crippen molar-refractivity contribution in [3.05, 3.63) is 0 Å². The van der Waals surface area contributed by atoms with Crippen LogP contribution in [0.15, 0.2) is 0 Å². The number of hydrogen-bond acceptors (Lipinski definition) is 1. The van der Waals surface area contributed by atoms with Crippen LogP contribution in [0.2, 0.25) is 0 Å². The minimum Gasteiger partial charge on any atom is -0.302 e. The Hall–Kier alpha value is -0.480. The number of nitrogens with zero attached hydrogens (tertiary/aromatic N) is 1. The molecule has 0 bridgehead atoms. The van der Waals surface area contributed by atoms with Crippen molar-refractivity contribution in [1.29, 1.82) is 0 Å². The lowest BCUT2D eigenvalue weighted by Crippen LogP contribution is -2.40. The lowest BCUT2D eigenvalue weighted by Gasteiger charge is -2.37. The molecule has 1 saturated heterocycles. The summed E-state index contributed by atoms with van der Waals surface area (Å²) in [6, 6.07) is 0. The summed E-state index contributed by atoms with van der Waals surface area (Å²) in [5.41, 5.74) is 0.507. The average molecular weight is 165 g/mol. The highest BCUT2D eigenvalue weighted by Crippen LogP contribution is 2.28. The zero-order valence-electron chi connectivity index (χ0n) is 8.27. The maximum atomic E-state index is 5.24. The number of hydrogen-bond donors (Lipinski definition) is 0. The van der Waals surface area contributed by atoms with Crippen molar-refractivity contribution in [2.24, 2.45) is 5.41 Å². The van der Waals surface area contributed by atoms with Gasteiger partial charge in [-0.1, -0.05) is 13.8 Å². The van der Waals surface area contributed by atoms with Crippen LogP contribution in [0.25, 0.3) is 0 Å². The molecule has 12 heavy (non-hydrogen) atoms. The molecule has 0 atom stereocenters. The Morgan fingerprint density at radius 1 is 1.50 bits per heavy atom. The molecular weight excluding hydrogens is 146 g/mol. The largest absolute Gasteiger partial charge is 0.302 e. The van der Waals surface area contributed by atoms with Gasteiger partial charge in [-0.2, -0.15) is 0 Å². The molecule has 0 unspecified atom stereocenters. The van der Waals surface area contributed by atoms with E-state index in [0.29, 0.717) is 5.41 Å². The first-order valence-electron chi connectivity index (χ1n) is 4.80. The molecular formula is C11H19N. The summed E-state index contributed by atoms with van der Waals surface area (Å²) in [7, 11) is 0. The van der Waals surface area contributed by atoms with E-state index in [0.717, 1.165) is 13.0 Å². The molecule has 1 nitrogen and oxygen atoms in total. The first-order valence-corrected chi connectivity index (χ1v) is 4.80. The molecule has 0 aromatic rings. The van der Waals surface area contributed by atoms with Crippen molar-refractivity contribution < 1.29 is 0 Å². The summed E-state index contributed by atoms with van der Waals surface area (Å²) in [4.78, 5) is 2.49. The number of piperidine rings is 1. The number of likely N-dealkylation sites (tertiary alicyclic amines) is 1. The van der Waals surface area contributed by atoms with E-state index in [9.17, 15) is 0 Å². The number of terminal acetylenes is 1. The van der Waals surface area contributed by atoms with Gasteiger partial charge in [-0.05, 0) is 24.8 Å². The second-order valence-corrected chi connectivity index (χ2v) is 4.50. The van der Waals surface area contributed by atoms with Crippen molar-refractivity contribution in [2.45, 2.75) is 33.1 Å².